The fraction of sp³-hybridized carbons (Fsp3) is 0.320. The highest BCUT2D eigenvalue weighted by atomic mass is 16.5. The Morgan fingerprint density at radius 3 is 2.19 bits per heavy atom. The van der Waals surface area contributed by atoms with E-state index in [0.29, 0.717) is 17.0 Å². The molecule has 1 unspecified atom stereocenters. The topological polar surface area (TPSA) is 93.1 Å². The molecular formula is C25H27NO6. The summed E-state index contributed by atoms with van der Waals surface area (Å²) < 4.78 is 9.91. The minimum Gasteiger partial charge on any atom is -0.503 e. The molecule has 0 saturated carbocycles. The van der Waals surface area contributed by atoms with Crippen LogP contribution in [0.3, 0.4) is 0 Å². The van der Waals surface area contributed by atoms with Gasteiger partial charge in [0.2, 0.25) is 0 Å². The summed E-state index contributed by atoms with van der Waals surface area (Å²) >= 11 is 0. The van der Waals surface area contributed by atoms with Gasteiger partial charge in [0.25, 0.3) is 5.91 Å². The number of anilines is 1. The zero-order valence-electron chi connectivity index (χ0n) is 18.6. The normalized spacial score (nSPS) is 16.0. The summed E-state index contributed by atoms with van der Waals surface area (Å²) in [5.41, 5.74) is 1.99. The number of ketones is 1. The molecule has 1 aliphatic heterocycles. The van der Waals surface area contributed by atoms with E-state index in [1.165, 1.54) is 12.0 Å². The van der Waals surface area contributed by atoms with Gasteiger partial charge in [-0.05, 0) is 41.3 Å². The molecule has 0 bridgehead atoms. The Morgan fingerprint density at radius 1 is 1.03 bits per heavy atom. The van der Waals surface area contributed by atoms with E-state index in [9.17, 15) is 19.5 Å². The number of esters is 1. The maximum Gasteiger partial charge on any atom is 0.309 e. The number of hydrogen-bond donors (Lipinski definition) is 1. The largest absolute Gasteiger partial charge is 0.503 e. The van der Waals surface area contributed by atoms with Crippen molar-refractivity contribution in [2.75, 3.05) is 19.1 Å². The van der Waals surface area contributed by atoms with Crippen molar-refractivity contribution in [2.24, 2.45) is 5.92 Å². The summed E-state index contributed by atoms with van der Waals surface area (Å²) in [6, 6.07) is 13.1. The number of carbonyl (C=O) groups is 3. The van der Waals surface area contributed by atoms with Crippen LogP contribution in [0.5, 0.6) is 5.75 Å². The molecule has 1 aliphatic rings. The van der Waals surface area contributed by atoms with E-state index >= 15 is 0 Å². The number of Topliss-reactive ketones (excluding diaryl/α,β-unsaturated/α-hetero) is 1. The molecule has 32 heavy (non-hydrogen) atoms. The van der Waals surface area contributed by atoms with Gasteiger partial charge in [0.15, 0.2) is 11.5 Å². The number of nitrogens with zero attached hydrogens (tertiary/aromatic N) is 1. The van der Waals surface area contributed by atoms with E-state index < -0.39 is 17.7 Å². The average molecular weight is 437 g/mol. The summed E-state index contributed by atoms with van der Waals surface area (Å²) in [5, 5.41) is 10.7. The quantitative estimate of drug-likeness (QED) is 0.629. The van der Waals surface area contributed by atoms with Crippen molar-refractivity contribution in [3.8, 4) is 5.75 Å². The predicted molar refractivity (Wildman–Crippen MR) is 119 cm³/mol. The van der Waals surface area contributed by atoms with Crippen LogP contribution in [-0.2, 0) is 25.5 Å². The summed E-state index contributed by atoms with van der Waals surface area (Å²) in [6.07, 6.45) is 0.319. The Bertz CT molecular complexity index is 1040. The number of hydrogen-bond acceptors (Lipinski definition) is 6. The van der Waals surface area contributed by atoms with Crippen LogP contribution in [0.2, 0.25) is 0 Å². The van der Waals surface area contributed by atoms with Crippen molar-refractivity contribution < 1.29 is 29.0 Å². The van der Waals surface area contributed by atoms with E-state index in [1.807, 2.05) is 13.8 Å². The van der Waals surface area contributed by atoms with E-state index in [-0.39, 0.29) is 36.1 Å². The molecule has 1 atom stereocenters. The first-order valence-corrected chi connectivity index (χ1v) is 10.4. The molecule has 1 N–H and O–H groups in total. The number of methoxy groups -OCH3 is 2. The highest BCUT2D eigenvalue weighted by Crippen LogP contribution is 2.42. The Labute approximate surface area is 187 Å². The van der Waals surface area contributed by atoms with E-state index in [4.69, 9.17) is 9.47 Å². The highest BCUT2D eigenvalue weighted by molar-refractivity contribution is 6.16. The number of benzene rings is 2. The second-order valence-corrected chi connectivity index (χ2v) is 8.05. The molecule has 2 aromatic carbocycles. The second kappa shape index (κ2) is 9.68. The lowest BCUT2D eigenvalue weighted by molar-refractivity contribution is -0.139. The van der Waals surface area contributed by atoms with Crippen LogP contribution in [0.4, 0.5) is 5.69 Å². The first-order valence-electron chi connectivity index (χ1n) is 10.4. The van der Waals surface area contributed by atoms with Crippen LogP contribution in [0.15, 0.2) is 59.9 Å². The number of ether oxygens (including phenoxy) is 2. The zero-order valence-corrected chi connectivity index (χ0v) is 18.6. The van der Waals surface area contributed by atoms with Crippen LogP contribution in [0.1, 0.15) is 37.4 Å². The average Bonchev–Trinajstić information content (AvgIpc) is 3.04. The van der Waals surface area contributed by atoms with Crippen molar-refractivity contribution >= 4 is 23.3 Å². The predicted octanol–water partition coefficient (Wildman–Crippen LogP) is 3.93. The van der Waals surface area contributed by atoms with Crippen LogP contribution in [-0.4, -0.2) is 37.0 Å². The van der Waals surface area contributed by atoms with Crippen LogP contribution >= 0.6 is 0 Å². The number of amides is 1. The lowest BCUT2D eigenvalue weighted by Gasteiger charge is -2.27. The lowest BCUT2D eigenvalue weighted by atomic mass is 9.92. The zero-order chi connectivity index (χ0) is 23.4. The van der Waals surface area contributed by atoms with Crippen LogP contribution < -0.4 is 9.64 Å². The summed E-state index contributed by atoms with van der Waals surface area (Å²) in [5.74, 6) is -1.10. The molecule has 0 fully saturated rings. The third-order valence-corrected chi connectivity index (χ3v) is 5.32. The summed E-state index contributed by atoms with van der Waals surface area (Å²) in [4.78, 5) is 39.1. The fourth-order valence-corrected chi connectivity index (χ4v) is 3.75. The van der Waals surface area contributed by atoms with Gasteiger partial charge in [-0.3, -0.25) is 19.3 Å². The molecule has 0 spiro atoms. The summed E-state index contributed by atoms with van der Waals surface area (Å²) in [7, 11) is 2.88. The van der Waals surface area contributed by atoms with Gasteiger partial charge in [-0.25, -0.2) is 0 Å². The maximum absolute atomic E-state index is 13.1. The second-order valence-electron chi connectivity index (χ2n) is 8.05. The summed E-state index contributed by atoms with van der Waals surface area (Å²) in [6.45, 7) is 3.82. The Kier molecular flexibility index (Phi) is 6.98. The number of aliphatic hydroxyl groups is 1. The van der Waals surface area contributed by atoms with Crippen molar-refractivity contribution in [1.82, 2.24) is 0 Å². The Morgan fingerprint density at radius 2 is 1.66 bits per heavy atom. The van der Waals surface area contributed by atoms with Crippen molar-refractivity contribution in [3.63, 3.8) is 0 Å². The fourth-order valence-electron chi connectivity index (χ4n) is 3.75. The van der Waals surface area contributed by atoms with Crippen molar-refractivity contribution in [3.05, 3.63) is 71.0 Å². The molecule has 0 aromatic heterocycles. The number of rotatable bonds is 8. The molecule has 0 aliphatic carbocycles. The first-order chi connectivity index (χ1) is 15.3. The maximum atomic E-state index is 13.1. The Balaban J connectivity index is 2.04. The SMILES string of the molecule is COC(=O)Cc1ccc(N2C(=O)C(O)=C(C(=O)CC(C)C)C2c2ccc(OC)cc2)cc1. The van der Waals surface area contributed by atoms with Crippen LogP contribution in [0, 0.1) is 5.92 Å². The van der Waals surface area contributed by atoms with Gasteiger partial charge in [-0.15, -0.1) is 0 Å². The molecule has 1 amide bonds. The monoisotopic (exact) mass is 437 g/mol. The first kappa shape index (κ1) is 23.1. The van der Waals surface area contributed by atoms with E-state index in [0.717, 1.165) is 5.56 Å². The van der Waals surface area contributed by atoms with Gasteiger partial charge in [-0.1, -0.05) is 38.1 Å². The third kappa shape index (κ3) is 4.66. The number of aliphatic hydroxyl groups excluding tert-OH is 1. The molecule has 1 heterocycles. The molecular weight excluding hydrogens is 410 g/mol. The van der Waals surface area contributed by atoms with Crippen LogP contribution in [0.25, 0.3) is 0 Å². The molecule has 2 aromatic rings. The standard InChI is InChI=1S/C25H27NO6/c1-15(2)13-20(27)22-23(17-7-11-19(31-3)12-8-17)26(25(30)24(22)29)18-9-5-16(6-10-18)14-21(28)32-4/h5-12,15,23,29H,13-14H2,1-4H3. The molecule has 3 rings (SSSR count). The molecule has 0 radical (unpaired) electrons. The van der Waals surface area contributed by atoms with E-state index in [1.54, 1.807) is 55.6 Å². The van der Waals surface area contributed by atoms with Gasteiger partial charge < -0.3 is 14.6 Å². The molecule has 168 valence electrons. The smallest absolute Gasteiger partial charge is 0.309 e. The Hall–Kier alpha value is -3.61. The molecule has 0 saturated heterocycles. The van der Waals surface area contributed by atoms with Gasteiger partial charge in [0.05, 0.1) is 32.3 Å². The van der Waals surface area contributed by atoms with Gasteiger partial charge >= 0.3 is 5.97 Å². The minimum absolute atomic E-state index is 0.0704. The van der Waals surface area contributed by atoms with Gasteiger partial charge in [0.1, 0.15) is 5.75 Å². The van der Waals surface area contributed by atoms with Crippen molar-refractivity contribution in [1.29, 1.82) is 0 Å². The van der Waals surface area contributed by atoms with Gasteiger partial charge in [0, 0.05) is 12.1 Å². The number of carbonyl (C=O) groups excluding carboxylic acids is 3. The third-order valence-electron chi connectivity index (χ3n) is 5.32. The molecule has 7 heteroatoms. The van der Waals surface area contributed by atoms with Crippen molar-refractivity contribution in [2.45, 2.75) is 32.7 Å². The molecule has 7 nitrogen and oxygen atoms in total. The highest BCUT2D eigenvalue weighted by Gasteiger charge is 2.44. The van der Waals surface area contributed by atoms with E-state index in [2.05, 4.69) is 0 Å². The van der Waals surface area contributed by atoms with Gasteiger partial charge in [-0.2, -0.15) is 0 Å². The minimum atomic E-state index is -0.772. The lowest BCUT2D eigenvalue weighted by Crippen LogP contribution is -2.31.